The lowest BCUT2D eigenvalue weighted by molar-refractivity contribution is 0.0697. The molecule has 0 atom stereocenters. The third kappa shape index (κ3) is 3.50. The normalized spacial score (nSPS) is 10.1. The zero-order valence-corrected chi connectivity index (χ0v) is 11.1. The molecular weight excluding hydrogens is 272 g/mol. The Morgan fingerprint density at radius 3 is 2.57 bits per heavy atom. The number of carbonyl (C=O) groups is 2. The molecule has 108 valence electrons. The molecule has 2 aromatic carbocycles. The predicted molar refractivity (Wildman–Crippen MR) is 77.1 cm³/mol. The minimum Gasteiger partial charge on any atom is -0.489 e. The number of rotatable bonds is 5. The number of primary amides is 1. The zero-order valence-electron chi connectivity index (χ0n) is 11.1. The zero-order chi connectivity index (χ0) is 15.4. The van der Waals surface area contributed by atoms with Gasteiger partial charge in [0.1, 0.15) is 12.4 Å². The lowest BCUT2D eigenvalue weighted by atomic mass is 10.1. The monoisotopic (exact) mass is 286 g/mol. The van der Waals surface area contributed by atoms with Crippen molar-refractivity contribution >= 4 is 17.6 Å². The molecule has 0 saturated carbocycles. The minimum atomic E-state index is -1.12. The summed E-state index contributed by atoms with van der Waals surface area (Å²) < 4.78 is 5.50. The van der Waals surface area contributed by atoms with Gasteiger partial charge in [0.25, 0.3) is 0 Å². The lowest BCUT2D eigenvalue weighted by Gasteiger charge is -2.09. The fraction of sp³-hybridized carbons (Fsp3) is 0.0667. The van der Waals surface area contributed by atoms with Gasteiger partial charge in [-0.05, 0) is 35.9 Å². The van der Waals surface area contributed by atoms with Crippen molar-refractivity contribution in [3.63, 3.8) is 0 Å². The molecule has 0 radical (unpaired) electrons. The summed E-state index contributed by atoms with van der Waals surface area (Å²) in [6.45, 7) is 0.185. The SMILES string of the molecule is NC(=O)c1cccc(COc2ccc(N)c(C(=O)O)c2)c1. The highest BCUT2D eigenvalue weighted by Gasteiger charge is 2.09. The van der Waals surface area contributed by atoms with Gasteiger partial charge in [-0.15, -0.1) is 0 Å². The molecule has 0 aromatic heterocycles. The van der Waals surface area contributed by atoms with Crippen LogP contribution in [0.3, 0.4) is 0 Å². The van der Waals surface area contributed by atoms with E-state index in [4.69, 9.17) is 21.3 Å². The summed E-state index contributed by atoms with van der Waals surface area (Å²) in [5.41, 5.74) is 12.1. The third-order valence-electron chi connectivity index (χ3n) is 2.87. The second-order valence-electron chi connectivity index (χ2n) is 4.41. The topological polar surface area (TPSA) is 116 Å². The first kappa shape index (κ1) is 14.4. The smallest absolute Gasteiger partial charge is 0.337 e. The van der Waals surface area contributed by atoms with Gasteiger partial charge in [-0.3, -0.25) is 4.79 Å². The van der Waals surface area contributed by atoms with E-state index in [1.165, 1.54) is 12.1 Å². The number of carboxylic acid groups (broad SMARTS) is 1. The molecule has 5 N–H and O–H groups in total. The summed E-state index contributed by atoms with van der Waals surface area (Å²) >= 11 is 0. The minimum absolute atomic E-state index is 0.0154. The van der Waals surface area contributed by atoms with Gasteiger partial charge in [0, 0.05) is 11.3 Å². The summed E-state index contributed by atoms with van der Waals surface area (Å²) in [5, 5.41) is 8.99. The molecule has 6 nitrogen and oxygen atoms in total. The maximum atomic E-state index is 11.1. The van der Waals surface area contributed by atoms with Crippen molar-refractivity contribution in [2.24, 2.45) is 5.73 Å². The number of benzene rings is 2. The molecule has 0 aliphatic rings. The molecular formula is C15H14N2O4. The average Bonchev–Trinajstić information content (AvgIpc) is 2.46. The summed E-state index contributed by atoms with van der Waals surface area (Å²) in [6.07, 6.45) is 0. The van der Waals surface area contributed by atoms with Crippen LogP contribution in [0, 0.1) is 0 Å². The van der Waals surface area contributed by atoms with Crippen molar-refractivity contribution in [3.8, 4) is 5.75 Å². The maximum Gasteiger partial charge on any atom is 0.337 e. The van der Waals surface area contributed by atoms with Gasteiger partial charge in [0.15, 0.2) is 0 Å². The first-order valence-corrected chi connectivity index (χ1v) is 6.11. The molecule has 0 saturated heterocycles. The van der Waals surface area contributed by atoms with Crippen molar-refractivity contribution in [3.05, 3.63) is 59.2 Å². The fourth-order valence-electron chi connectivity index (χ4n) is 1.79. The van der Waals surface area contributed by atoms with Crippen LogP contribution in [0.5, 0.6) is 5.75 Å². The molecule has 0 aliphatic heterocycles. The lowest BCUT2D eigenvalue weighted by Crippen LogP contribution is -2.11. The van der Waals surface area contributed by atoms with Crippen molar-refractivity contribution in [1.82, 2.24) is 0 Å². The highest BCUT2D eigenvalue weighted by molar-refractivity contribution is 5.94. The average molecular weight is 286 g/mol. The van der Waals surface area contributed by atoms with Crippen LogP contribution < -0.4 is 16.2 Å². The molecule has 2 aromatic rings. The molecule has 0 bridgehead atoms. The first-order valence-electron chi connectivity index (χ1n) is 6.11. The molecule has 0 spiro atoms. The van der Waals surface area contributed by atoms with Crippen LogP contribution in [-0.4, -0.2) is 17.0 Å². The number of nitrogen functional groups attached to an aromatic ring is 1. The number of hydrogen-bond acceptors (Lipinski definition) is 4. The largest absolute Gasteiger partial charge is 0.489 e. The molecule has 0 fully saturated rings. The Kier molecular flexibility index (Phi) is 4.08. The van der Waals surface area contributed by atoms with Gasteiger partial charge < -0.3 is 21.3 Å². The van der Waals surface area contributed by atoms with E-state index in [-0.39, 0.29) is 17.9 Å². The standard InChI is InChI=1S/C15H14N2O4/c16-13-5-4-11(7-12(13)15(19)20)21-8-9-2-1-3-10(6-9)14(17)18/h1-7H,8,16H2,(H2,17,18)(H,19,20). The van der Waals surface area contributed by atoms with Crippen molar-refractivity contribution in [1.29, 1.82) is 0 Å². The van der Waals surface area contributed by atoms with E-state index in [2.05, 4.69) is 0 Å². The summed E-state index contributed by atoms with van der Waals surface area (Å²) in [4.78, 5) is 22.1. The van der Waals surface area contributed by atoms with Crippen LogP contribution in [0.1, 0.15) is 26.3 Å². The molecule has 0 unspecified atom stereocenters. The number of anilines is 1. The Labute approximate surface area is 120 Å². The summed E-state index contributed by atoms with van der Waals surface area (Å²) in [7, 11) is 0. The Morgan fingerprint density at radius 1 is 1.14 bits per heavy atom. The van der Waals surface area contributed by atoms with Crippen LogP contribution in [0.25, 0.3) is 0 Å². The van der Waals surface area contributed by atoms with Crippen LogP contribution >= 0.6 is 0 Å². The van der Waals surface area contributed by atoms with E-state index in [0.717, 1.165) is 5.56 Å². The second-order valence-corrected chi connectivity index (χ2v) is 4.41. The van der Waals surface area contributed by atoms with Crippen molar-refractivity contribution in [2.75, 3.05) is 5.73 Å². The van der Waals surface area contributed by atoms with Crippen molar-refractivity contribution < 1.29 is 19.4 Å². The number of amides is 1. The highest BCUT2D eigenvalue weighted by atomic mass is 16.5. The molecule has 21 heavy (non-hydrogen) atoms. The number of nitrogens with two attached hydrogens (primary N) is 2. The maximum absolute atomic E-state index is 11.1. The Balaban J connectivity index is 2.13. The van der Waals surface area contributed by atoms with Gasteiger partial charge in [0.05, 0.1) is 5.56 Å². The fourth-order valence-corrected chi connectivity index (χ4v) is 1.79. The predicted octanol–water partition coefficient (Wildman–Crippen LogP) is 1.64. The number of ether oxygens (including phenoxy) is 1. The first-order chi connectivity index (χ1) is 9.97. The van der Waals surface area contributed by atoms with E-state index >= 15 is 0 Å². The van der Waals surface area contributed by atoms with E-state index < -0.39 is 11.9 Å². The molecule has 1 amide bonds. The van der Waals surface area contributed by atoms with Crippen LogP contribution in [-0.2, 0) is 6.61 Å². The molecule has 2 rings (SSSR count). The Bertz CT molecular complexity index is 698. The molecule has 0 aliphatic carbocycles. The van der Waals surface area contributed by atoms with E-state index in [1.54, 1.807) is 30.3 Å². The number of carbonyl (C=O) groups excluding carboxylic acids is 1. The van der Waals surface area contributed by atoms with E-state index in [9.17, 15) is 9.59 Å². The number of carboxylic acids is 1. The second kappa shape index (κ2) is 5.96. The Morgan fingerprint density at radius 2 is 1.90 bits per heavy atom. The number of hydrogen-bond donors (Lipinski definition) is 3. The van der Waals surface area contributed by atoms with Crippen LogP contribution in [0.2, 0.25) is 0 Å². The molecule has 6 heteroatoms. The summed E-state index contributed by atoms with van der Waals surface area (Å²) in [6, 6.07) is 11.1. The van der Waals surface area contributed by atoms with E-state index in [1.807, 2.05) is 0 Å². The van der Waals surface area contributed by atoms with Crippen LogP contribution in [0.15, 0.2) is 42.5 Å². The van der Waals surface area contributed by atoms with Gasteiger partial charge >= 0.3 is 5.97 Å². The molecule has 0 heterocycles. The quantitative estimate of drug-likeness (QED) is 0.723. The van der Waals surface area contributed by atoms with E-state index in [0.29, 0.717) is 11.3 Å². The van der Waals surface area contributed by atoms with Gasteiger partial charge in [-0.2, -0.15) is 0 Å². The summed E-state index contributed by atoms with van der Waals surface area (Å²) in [5.74, 6) is -1.25. The number of aromatic carboxylic acids is 1. The third-order valence-corrected chi connectivity index (χ3v) is 2.87. The van der Waals surface area contributed by atoms with Crippen LogP contribution in [0.4, 0.5) is 5.69 Å². The van der Waals surface area contributed by atoms with Crippen molar-refractivity contribution in [2.45, 2.75) is 6.61 Å². The van der Waals surface area contributed by atoms with Gasteiger partial charge in [-0.1, -0.05) is 12.1 Å². The van der Waals surface area contributed by atoms with Gasteiger partial charge in [-0.25, -0.2) is 4.79 Å². The van der Waals surface area contributed by atoms with Gasteiger partial charge in [0.2, 0.25) is 5.91 Å². The Hall–Kier alpha value is -3.02. The highest BCUT2D eigenvalue weighted by Crippen LogP contribution is 2.21.